The SMILES string of the molecule is CC.NOCC1(CON)CC1. The van der Waals surface area contributed by atoms with Gasteiger partial charge in [-0.1, -0.05) is 13.8 Å². The molecule has 68 valence electrons. The van der Waals surface area contributed by atoms with Gasteiger partial charge in [0.15, 0.2) is 0 Å². The molecule has 0 bridgehead atoms. The smallest absolute Gasteiger partial charge is 0.0758 e. The molecule has 0 amide bonds. The minimum Gasteiger partial charge on any atom is -0.304 e. The summed E-state index contributed by atoms with van der Waals surface area (Å²) in [6, 6.07) is 0. The van der Waals surface area contributed by atoms with Crippen LogP contribution in [0.25, 0.3) is 0 Å². The van der Waals surface area contributed by atoms with Gasteiger partial charge in [-0.25, -0.2) is 11.8 Å². The van der Waals surface area contributed by atoms with Crippen molar-refractivity contribution in [3.8, 4) is 0 Å². The molecule has 0 radical (unpaired) electrons. The van der Waals surface area contributed by atoms with Crippen molar-refractivity contribution in [3.63, 3.8) is 0 Å². The first-order valence-electron chi connectivity index (χ1n) is 3.96. The van der Waals surface area contributed by atoms with Crippen LogP contribution in [0.15, 0.2) is 0 Å². The molecule has 0 aromatic carbocycles. The predicted molar refractivity (Wildman–Crippen MR) is 43.3 cm³/mol. The van der Waals surface area contributed by atoms with E-state index in [4.69, 9.17) is 11.8 Å². The van der Waals surface area contributed by atoms with Gasteiger partial charge in [0.25, 0.3) is 0 Å². The topological polar surface area (TPSA) is 70.5 Å². The summed E-state index contributed by atoms with van der Waals surface area (Å²) in [5.41, 5.74) is 0.156. The molecule has 1 aliphatic carbocycles. The van der Waals surface area contributed by atoms with Crippen LogP contribution in [0.3, 0.4) is 0 Å². The molecule has 0 heterocycles. The van der Waals surface area contributed by atoms with Gasteiger partial charge >= 0.3 is 0 Å². The maximum absolute atomic E-state index is 4.89. The third-order valence-electron chi connectivity index (χ3n) is 1.74. The van der Waals surface area contributed by atoms with Crippen LogP contribution in [0.1, 0.15) is 26.7 Å². The van der Waals surface area contributed by atoms with Gasteiger partial charge in [-0.15, -0.1) is 0 Å². The van der Waals surface area contributed by atoms with Crippen molar-refractivity contribution < 1.29 is 9.68 Å². The van der Waals surface area contributed by atoms with Crippen LogP contribution >= 0.6 is 0 Å². The Kier molecular flexibility index (Phi) is 5.41. The molecule has 4 heteroatoms. The van der Waals surface area contributed by atoms with Crippen molar-refractivity contribution in [2.75, 3.05) is 13.2 Å². The lowest BCUT2D eigenvalue weighted by atomic mass is 10.1. The van der Waals surface area contributed by atoms with Crippen LogP contribution in [-0.2, 0) is 9.68 Å². The van der Waals surface area contributed by atoms with Crippen LogP contribution in [0.5, 0.6) is 0 Å². The summed E-state index contributed by atoms with van der Waals surface area (Å²) in [6.07, 6.45) is 2.22. The summed E-state index contributed by atoms with van der Waals surface area (Å²) >= 11 is 0. The summed E-state index contributed by atoms with van der Waals surface area (Å²) in [5, 5.41) is 0. The molecular weight excluding hydrogens is 144 g/mol. The number of hydrogen-bond acceptors (Lipinski definition) is 4. The van der Waals surface area contributed by atoms with Gasteiger partial charge < -0.3 is 9.68 Å². The van der Waals surface area contributed by atoms with E-state index in [0.29, 0.717) is 13.2 Å². The molecule has 0 unspecified atom stereocenters. The monoisotopic (exact) mass is 162 g/mol. The highest BCUT2D eigenvalue weighted by Gasteiger charge is 2.43. The van der Waals surface area contributed by atoms with Crippen molar-refractivity contribution in [2.24, 2.45) is 17.2 Å². The summed E-state index contributed by atoms with van der Waals surface area (Å²) in [7, 11) is 0. The van der Waals surface area contributed by atoms with Crippen molar-refractivity contribution in [1.82, 2.24) is 0 Å². The lowest BCUT2D eigenvalue weighted by Gasteiger charge is -2.09. The van der Waals surface area contributed by atoms with Crippen molar-refractivity contribution in [3.05, 3.63) is 0 Å². The Morgan fingerprint density at radius 3 is 1.64 bits per heavy atom. The summed E-state index contributed by atoms with van der Waals surface area (Å²) in [6.45, 7) is 5.12. The standard InChI is InChI=1S/C5H12N2O2.C2H6/c6-8-3-5(1-2-5)4-9-7;1-2/h1-4,6-7H2;1-2H3. The second-order valence-corrected chi connectivity index (χ2v) is 2.62. The first kappa shape index (κ1) is 10.8. The van der Waals surface area contributed by atoms with E-state index < -0.39 is 0 Å². The van der Waals surface area contributed by atoms with E-state index in [9.17, 15) is 0 Å². The summed E-state index contributed by atoms with van der Waals surface area (Å²) in [5.74, 6) is 9.78. The van der Waals surface area contributed by atoms with E-state index in [0.717, 1.165) is 12.8 Å². The summed E-state index contributed by atoms with van der Waals surface area (Å²) < 4.78 is 0. The minimum absolute atomic E-state index is 0.156. The molecule has 1 fully saturated rings. The maximum atomic E-state index is 4.89. The van der Waals surface area contributed by atoms with Crippen LogP contribution in [0.4, 0.5) is 0 Å². The minimum atomic E-state index is 0.156. The third kappa shape index (κ3) is 3.67. The van der Waals surface area contributed by atoms with Gasteiger partial charge in [0, 0.05) is 5.41 Å². The zero-order valence-electron chi connectivity index (χ0n) is 7.30. The zero-order chi connectivity index (χ0) is 8.74. The number of hydrogen-bond donors (Lipinski definition) is 2. The Morgan fingerprint density at radius 2 is 1.45 bits per heavy atom. The van der Waals surface area contributed by atoms with Crippen LogP contribution in [0.2, 0.25) is 0 Å². The van der Waals surface area contributed by atoms with Crippen LogP contribution < -0.4 is 11.8 Å². The average molecular weight is 162 g/mol. The average Bonchev–Trinajstić information content (AvgIpc) is 2.75. The van der Waals surface area contributed by atoms with Crippen LogP contribution in [-0.4, -0.2) is 13.2 Å². The molecule has 0 saturated heterocycles. The molecule has 1 saturated carbocycles. The molecule has 0 aromatic rings. The molecule has 4 N–H and O–H groups in total. The Balaban J connectivity index is 0.000000461. The van der Waals surface area contributed by atoms with Gasteiger partial charge in [0.1, 0.15) is 0 Å². The quantitative estimate of drug-likeness (QED) is 0.593. The number of nitrogens with two attached hydrogens (primary N) is 2. The zero-order valence-corrected chi connectivity index (χ0v) is 7.30. The molecule has 4 nitrogen and oxygen atoms in total. The molecule has 0 atom stereocenters. The van der Waals surface area contributed by atoms with Crippen molar-refractivity contribution >= 4 is 0 Å². The Labute approximate surface area is 67.7 Å². The van der Waals surface area contributed by atoms with Crippen molar-refractivity contribution in [1.29, 1.82) is 0 Å². The molecule has 0 spiro atoms. The van der Waals surface area contributed by atoms with Crippen LogP contribution in [0, 0.1) is 5.41 Å². The van der Waals surface area contributed by atoms with Gasteiger partial charge in [-0.3, -0.25) is 0 Å². The highest BCUT2D eigenvalue weighted by atomic mass is 16.6. The lowest BCUT2D eigenvalue weighted by molar-refractivity contribution is 0.0268. The maximum Gasteiger partial charge on any atom is 0.0758 e. The largest absolute Gasteiger partial charge is 0.304 e. The molecular formula is C7H18N2O2. The molecule has 11 heavy (non-hydrogen) atoms. The number of rotatable bonds is 4. The third-order valence-corrected chi connectivity index (χ3v) is 1.74. The fourth-order valence-electron chi connectivity index (χ4n) is 0.861. The fourth-order valence-corrected chi connectivity index (χ4v) is 0.861. The highest BCUT2D eigenvalue weighted by Crippen LogP contribution is 2.45. The molecule has 0 aromatic heterocycles. The van der Waals surface area contributed by atoms with E-state index >= 15 is 0 Å². The first-order chi connectivity index (χ1) is 5.33. The molecule has 0 aliphatic heterocycles. The van der Waals surface area contributed by atoms with E-state index in [-0.39, 0.29) is 5.41 Å². The van der Waals surface area contributed by atoms with Gasteiger partial charge in [0.2, 0.25) is 0 Å². The van der Waals surface area contributed by atoms with E-state index in [1.807, 2.05) is 13.8 Å². The predicted octanol–water partition coefficient (Wildman–Crippen LogP) is 0.573. The molecule has 1 rings (SSSR count). The normalized spacial score (nSPS) is 18.5. The van der Waals surface area contributed by atoms with Gasteiger partial charge in [-0.05, 0) is 12.8 Å². The fraction of sp³-hybridized carbons (Fsp3) is 1.00. The Bertz CT molecular complexity index is 86.4. The lowest BCUT2D eigenvalue weighted by Crippen LogP contribution is -2.21. The van der Waals surface area contributed by atoms with Gasteiger partial charge in [0.05, 0.1) is 13.2 Å². The van der Waals surface area contributed by atoms with Gasteiger partial charge in [-0.2, -0.15) is 0 Å². The van der Waals surface area contributed by atoms with E-state index in [1.54, 1.807) is 0 Å². The molecule has 1 aliphatic rings. The summed E-state index contributed by atoms with van der Waals surface area (Å²) in [4.78, 5) is 8.97. The second-order valence-electron chi connectivity index (χ2n) is 2.62. The highest BCUT2D eigenvalue weighted by molar-refractivity contribution is 4.92. The van der Waals surface area contributed by atoms with E-state index in [1.165, 1.54) is 0 Å². The second kappa shape index (κ2) is 5.49. The van der Waals surface area contributed by atoms with E-state index in [2.05, 4.69) is 9.68 Å². The Morgan fingerprint density at radius 1 is 1.09 bits per heavy atom. The first-order valence-corrected chi connectivity index (χ1v) is 3.96. The van der Waals surface area contributed by atoms with Crippen molar-refractivity contribution in [2.45, 2.75) is 26.7 Å². The Hall–Kier alpha value is -0.160.